The fourth-order valence-electron chi connectivity index (χ4n) is 4.10. The number of hydrogen-bond acceptors (Lipinski definition) is 4. The molecule has 0 aromatic heterocycles. The van der Waals surface area contributed by atoms with E-state index in [1.54, 1.807) is 6.07 Å². The van der Waals surface area contributed by atoms with Gasteiger partial charge in [-0.15, -0.1) is 0 Å². The standard InChI is InChI=1S/C22H23Cl3N4O2/c23-15-3-1-2-14(10-15)13-27-21-22(5-8-31-9-6-22)28-18-11-16(24)17(25)12-19(18)29(21)7-4-20(26)30/h1-3,10-12,28H,4-9,13H2,(H2,26,30). The molecule has 164 valence electrons. The van der Waals surface area contributed by atoms with Crippen molar-refractivity contribution in [3.05, 3.63) is 57.0 Å². The molecule has 2 aromatic rings. The lowest BCUT2D eigenvalue weighted by atomic mass is 9.84. The van der Waals surface area contributed by atoms with Crippen LogP contribution in [0.1, 0.15) is 24.8 Å². The Balaban J connectivity index is 1.81. The molecule has 2 aromatic carbocycles. The summed E-state index contributed by atoms with van der Waals surface area (Å²) in [6, 6.07) is 11.2. The van der Waals surface area contributed by atoms with E-state index in [0.717, 1.165) is 35.6 Å². The highest BCUT2D eigenvalue weighted by Crippen LogP contribution is 2.44. The molecule has 2 aliphatic rings. The van der Waals surface area contributed by atoms with E-state index in [1.807, 2.05) is 35.2 Å². The van der Waals surface area contributed by atoms with Gasteiger partial charge in [-0.3, -0.25) is 9.79 Å². The van der Waals surface area contributed by atoms with Gasteiger partial charge in [-0.1, -0.05) is 46.9 Å². The Labute approximate surface area is 196 Å². The number of nitrogens with two attached hydrogens (primary N) is 1. The van der Waals surface area contributed by atoms with Crippen LogP contribution in [-0.2, 0) is 16.1 Å². The second-order valence-electron chi connectivity index (χ2n) is 7.74. The van der Waals surface area contributed by atoms with E-state index in [0.29, 0.717) is 41.4 Å². The fraction of sp³-hybridized carbons (Fsp3) is 0.364. The van der Waals surface area contributed by atoms with Crippen molar-refractivity contribution in [3.63, 3.8) is 0 Å². The van der Waals surface area contributed by atoms with E-state index in [-0.39, 0.29) is 12.3 Å². The van der Waals surface area contributed by atoms with Gasteiger partial charge < -0.3 is 20.7 Å². The second-order valence-corrected chi connectivity index (χ2v) is 8.99. The molecular weight excluding hydrogens is 459 g/mol. The quantitative estimate of drug-likeness (QED) is 0.636. The van der Waals surface area contributed by atoms with Crippen molar-refractivity contribution >= 4 is 57.9 Å². The Morgan fingerprint density at radius 1 is 1.16 bits per heavy atom. The first-order valence-electron chi connectivity index (χ1n) is 10.1. The zero-order valence-corrected chi connectivity index (χ0v) is 19.1. The summed E-state index contributed by atoms with van der Waals surface area (Å²) in [6.45, 7) is 2.04. The third-order valence-electron chi connectivity index (χ3n) is 5.62. The highest BCUT2D eigenvalue weighted by atomic mass is 35.5. The first-order chi connectivity index (χ1) is 14.9. The zero-order chi connectivity index (χ0) is 22.0. The van der Waals surface area contributed by atoms with E-state index in [2.05, 4.69) is 5.32 Å². The number of aliphatic imine (C=N–C) groups is 1. The van der Waals surface area contributed by atoms with Crippen LogP contribution in [-0.4, -0.2) is 37.0 Å². The molecule has 1 saturated heterocycles. The lowest BCUT2D eigenvalue weighted by Gasteiger charge is -2.48. The second kappa shape index (κ2) is 9.25. The number of halogens is 3. The van der Waals surface area contributed by atoms with Crippen LogP contribution in [0.25, 0.3) is 0 Å². The molecule has 6 nitrogen and oxygen atoms in total. The third kappa shape index (κ3) is 4.77. The predicted octanol–water partition coefficient (Wildman–Crippen LogP) is 4.90. The topological polar surface area (TPSA) is 80.0 Å². The maximum Gasteiger partial charge on any atom is 0.219 e. The van der Waals surface area contributed by atoms with Crippen molar-refractivity contribution in [2.75, 3.05) is 30.0 Å². The van der Waals surface area contributed by atoms with Gasteiger partial charge in [0, 0.05) is 44.0 Å². The molecule has 0 aliphatic carbocycles. The van der Waals surface area contributed by atoms with Crippen molar-refractivity contribution in [1.29, 1.82) is 0 Å². The van der Waals surface area contributed by atoms with Gasteiger partial charge in [0.25, 0.3) is 0 Å². The van der Waals surface area contributed by atoms with Crippen LogP contribution in [0.5, 0.6) is 0 Å². The number of carbonyl (C=O) groups excluding carboxylic acids is 1. The summed E-state index contributed by atoms with van der Waals surface area (Å²) in [5, 5.41) is 5.22. The number of anilines is 2. The van der Waals surface area contributed by atoms with Gasteiger partial charge in [0.05, 0.1) is 33.5 Å². The van der Waals surface area contributed by atoms with Crippen LogP contribution in [0, 0.1) is 0 Å². The summed E-state index contributed by atoms with van der Waals surface area (Å²) in [5.41, 5.74) is 7.70. The molecule has 2 aliphatic heterocycles. The minimum Gasteiger partial charge on any atom is -0.381 e. The van der Waals surface area contributed by atoms with E-state index in [1.165, 1.54) is 0 Å². The number of primary amides is 1. The van der Waals surface area contributed by atoms with Crippen LogP contribution in [0.3, 0.4) is 0 Å². The Bertz CT molecular complexity index is 1020. The monoisotopic (exact) mass is 480 g/mol. The van der Waals surface area contributed by atoms with Crippen molar-refractivity contribution in [1.82, 2.24) is 0 Å². The largest absolute Gasteiger partial charge is 0.381 e. The molecule has 0 bridgehead atoms. The first kappa shape index (κ1) is 22.2. The highest BCUT2D eigenvalue weighted by Gasteiger charge is 2.45. The molecular formula is C22H23Cl3N4O2. The predicted molar refractivity (Wildman–Crippen MR) is 127 cm³/mol. The third-order valence-corrected chi connectivity index (χ3v) is 6.57. The highest BCUT2D eigenvalue weighted by molar-refractivity contribution is 6.42. The lowest BCUT2D eigenvalue weighted by Crippen LogP contribution is -2.60. The molecule has 3 N–H and O–H groups in total. The average molecular weight is 482 g/mol. The van der Waals surface area contributed by atoms with E-state index in [4.69, 9.17) is 50.3 Å². The number of carbonyl (C=O) groups is 1. The molecule has 1 spiro atoms. The molecule has 1 fully saturated rings. The van der Waals surface area contributed by atoms with Crippen LogP contribution in [0.4, 0.5) is 11.4 Å². The lowest BCUT2D eigenvalue weighted by molar-refractivity contribution is -0.117. The molecule has 9 heteroatoms. The number of ether oxygens (including phenoxy) is 1. The average Bonchev–Trinajstić information content (AvgIpc) is 2.73. The molecule has 0 atom stereocenters. The SMILES string of the molecule is NC(=O)CCN1C(=NCc2cccc(Cl)c2)C2(CCOCC2)Nc2cc(Cl)c(Cl)cc21. The van der Waals surface area contributed by atoms with E-state index < -0.39 is 5.54 Å². The normalized spacial score (nSPS) is 18.7. The van der Waals surface area contributed by atoms with Crippen LogP contribution >= 0.6 is 34.8 Å². The summed E-state index contributed by atoms with van der Waals surface area (Å²) in [6.07, 6.45) is 1.64. The van der Waals surface area contributed by atoms with Crippen molar-refractivity contribution < 1.29 is 9.53 Å². The summed E-state index contributed by atoms with van der Waals surface area (Å²) in [4.78, 5) is 18.7. The molecule has 2 heterocycles. The molecule has 31 heavy (non-hydrogen) atoms. The summed E-state index contributed by atoms with van der Waals surface area (Å²) in [5.74, 6) is 0.457. The van der Waals surface area contributed by atoms with Crippen LogP contribution < -0.4 is 16.0 Å². The Morgan fingerprint density at radius 3 is 2.61 bits per heavy atom. The molecule has 4 rings (SSSR count). The molecule has 0 saturated carbocycles. The Morgan fingerprint density at radius 2 is 1.90 bits per heavy atom. The zero-order valence-electron chi connectivity index (χ0n) is 16.8. The summed E-state index contributed by atoms with van der Waals surface area (Å²) < 4.78 is 5.64. The van der Waals surface area contributed by atoms with E-state index >= 15 is 0 Å². The summed E-state index contributed by atoms with van der Waals surface area (Å²) >= 11 is 18.8. The van der Waals surface area contributed by atoms with Gasteiger partial charge in [-0.25, -0.2) is 0 Å². The van der Waals surface area contributed by atoms with Gasteiger partial charge in [0.1, 0.15) is 5.84 Å². The number of hydrogen-bond donors (Lipinski definition) is 2. The number of amides is 1. The Kier molecular flexibility index (Phi) is 6.63. The van der Waals surface area contributed by atoms with Crippen molar-refractivity contribution in [2.24, 2.45) is 10.7 Å². The van der Waals surface area contributed by atoms with Gasteiger partial charge in [-0.05, 0) is 29.8 Å². The molecule has 0 radical (unpaired) electrons. The van der Waals surface area contributed by atoms with E-state index in [9.17, 15) is 4.79 Å². The molecule has 0 unspecified atom stereocenters. The number of nitrogens with one attached hydrogen (secondary N) is 1. The maximum absolute atomic E-state index is 11.6. The van der Waals surface area contributed by atoms with Crippen LogP contribution in [0.15, 0.2) is 41.4 Å². The number of benzene rings is 2. The molecule has 1 amide bonds. The number of rotatable bonds is 5. The van der Waals surface area contributed by atoms with Crippen molar-refractivity contribution in [3.8, 4) is 0 Å². The van der Waals surface area contributed by atoms with Gasteiger partial charge in [0.15, 0.2) is 0 Å². The summed E-state index contributed by atoms with van der Waals surface area (Å²) in [7, 11) is 0. The van der Waals surface area contributed by atoms with Gasteiger partial charge in [0.2, 0.25) is 5.91 Å². The van der Waals surface area contributed by atoms with Crippen molar-refractivity contribution in [2.45, 2.75) is 31.3 Å². The minimum absolute atomic E-state index is 0.183. The number of nitrogens with zero attached hydrogens (tertiary/aromatic N) is 2. The minimum atomic E-state index is -0.446. The van der Waals surface area contributed by atoms with Crippen LogP contribution in [0.2, 0.25) is 15.1 Å². The van der Waals surface area contributed by atoms with Gasteiger partial charge in [-0.2, -0.15) is 0 Å². The van der Waals surface area contributed by atoms with Gasteiger partial charge >= 0.3 is 0 Å². The Hall–Kier alpha value is -1.99. The smallest absolute Gasteiger partial charge is 0.219 e. The fourth-order valence-corrected chi connectivity index (χ4v) is 4.64. The number of amidine groups is 1. The first-order valence-corrected chi connectivity index (χ1v) is 11.2. The maximum atomic E-state index is 11.6. The number of fused-ring (bicyclic) bond motifs is 1.